The molecule has 0 N–H and O–H groups in total. The van der Waals surface area contributed by atoms with Crippen molar-refractivity contribution in [2.24, 2.45) is 0 Å². The van der Waals surface area contributed by atoms with Gasteiger partial charge < -0.3 is 4.52 Å². The predicted octanol–water partition coefficient (Wildman–Crippen LogP) is 4.73. The molecule has 1 rings (SSSR count). The van der Waals surface area contributed by atoms with Gasteiger partial charge in [-0.3, -0.25) is 0 Å². The summed E-state index contributed by atoms with van der Waals surface area (Å²) in [6.07, 6.45) is 7.33. The van der Waals surface area contributed by atoms with Crippen LogP contribution in [0, 0.1) is 0 Å². The van der Waals surface area contributed by atoms with Crippen LogP contribution in [0.15, 0.2) is 59.7 Å². The summed E-state index contributed by atoms with van der Waals surface area (Å²) in [5.74, 6) is 0.770. The van der Waals surface area contributed by atoms with Gasteiger partial charge in [0.05, 0.1) is 0 Å². The Morgan fingerprint density at radius 3 is 2.62 bits per heavy atom. The third-order valence-electron chi connectivity index (χ3n) is 2.25. The molecular formula is C12H15OPS2. The molecule has 1 aliphatic rings. The van der Waals surface area contributed by atoms with Gasteiger partial charge >= 0.3 is 0 Å². The highest BCUT2D eigenvalue weighted by Crippen LogP contribution is 2.66. The molecule has 1 atom stereocenters. The van der Waals surface area contributed by atoms with Crippen LogP contribution in [0.25, 0.3) is 0 Å². The Bertz CT molecular complexity index is 469. The van der Waals surface area contributed by atoms with E-state index in [9.17, 15) is 0 Å². The standard InChI is InChI=1S/C12H15OPS2/c1-5-7-11-9(3)10(4)12(8-6-2)14(15,16)13-11/h5-8H,2,4H2,1,3H3,(H,15,16). The average molecular weight is 270 g/mol. The fourth-order valence-corrected chi connectivity index (χ4v) is 4.32. The predicted molar refractivity (Wildman–Crippen MR) is 79.3 cm³/mol. The summed E-state index contributed by atoms with van der Waals surface area (Å²) in [6, 6.07) is 0. The molecule has 1 nitrogen and oxygen atoms in total. The lowest BCUT2D eigenvalue weighted by atomic mass is 10.1. The monoisotopic (exact) mass is 270 g/mol. The van der Waals surface area contributed by atoms with Gasteiger partial charge in [0.1, 0.15) is 5.76 Å². The molecule has 16 heavy (non-hydrogen) atoms. The molecule has 1 unspecified atom stereocenters. The summed E-state index contributed by atoms with van der Waals surface area (Å²) < 4.78 is 5.77. The van der Waals surface area contributed by atoms with Crippen molar-refractivity contribution in [2.75, 3.05) is 0 Å². The Kier molecular flexibility index (Phi) is 4.43. The molecule has 0 aliphatic carbocycles. The van der Waals surface area contributed by atoms with E-state index in [0.717, 1.165) is 22.2 Å². The first-order valence-corrected chi connectivity index (χ1v) is 8.70. The van der Waals surface area contributed by atoms with Crippen LogP contribution in [0.1, 0.15) is 13.8 Å². The van der Waals surface area contributed by atoms with Crippen molar-refractivity contribution in [2.45, 2.75) is 13.8 Å². The number of rotatable bonds is 2. The largest absolute Gasteiger partial charge is 0.453 e. The topological polar surface area (TPSA) is 9.23 Å². The maximum atomic E-state index is 5.77. The minimum absolute atomic E-state index is 0.770. The quantitative estimate of drug-likeness (QED) is 0.573. The number of allylic oxidation sites excluding steroid dienone is 7. The first-order valence-electron chi connectivity index (χ1n) is 4.83. The van der Waals surface area contributed by atoms with Gasteiger partial charge in [-0.15, -0.1) is 0 Å². The highest BCUT2D eigenvalue weighted by molar-refractivity contribution is 8.63. The van der Waals surface area contributed by atoms with E-state index in [1.165, 1.54) is 0 Å². The van der Waals surface area contributed by atoms with E-state index in [1.807, 2.05) is 32.1 Å². The van der Waals surface area contributed by atoms with Gasteiger partial charge in [0.15, 0.2) is 5.47 Å². The maximum absolute atomic E-state index is 5.77. The average Bonchev–Trinajstić information content (AvgIpc) is 2.21. The fourth-order valence-electron chi connectivity index (χ4n) is 1.38. The van der Waals surface area contributed by atoms with Crippen molar-refractivity contribution in [3.8, 4) is 0 Å². The van der Waals surface area contributed by atoms with Gasteiger partial charge in [-0.05, 0) is 49.0 Å². The van der Waals surface area contributed by atoms with Crippen molar-refractivity contribution < 1.29 is 4.52 Å². The van der Waals surface area contributed by atoms with Crippen molar-refractivity contribution in [3.63, 3.8) is 0 Å². The molecule has 0 saturated carbocycles. The highest BCUT2D eigenvalue weighted by Gasteiger charge is 2.29. The molecule has 1 heterocycles. The molecule has 0 spiro atoms. The zero-order valence-electron chi connectivity index (χ0n) is 9.43. The number of hydrogen-bond acceptors (Lipinski definition) is 2. The number of thiol groups is 1. The lowest BCUT2D eigenvalue weighted by molar-refractivity contribution is 0.495. The first kappa shape index (κ1) is 13.6. The van der Waals surface area contributed by atoms with Crippen LogP contribution in [0.3, 0.4) is 0 Å². The van der Waals surface area contributed by atoms with Crippen LogP contribution in [-0.4, -0.2) is 0 Å². The van der Waals surface area contributed by atoms with E-state index in [4.69, 9.17) is 16.3 Å². The van der Waals surface area contributed by atoms with Crippen LogP contribution in [0.5, 0.6) is 0 Å². The van der Waals surface area contributed by atoms with E-state index < -0.39 is 5.47 Å². The van der Waals surface area contributed by atoms with E-state index in [-0.39, 0.29) is 0 Å². The second-order valence-corrected chi connectivity index (χ2v) is 9.12. The summed E-state index contributed by atoms with van der Waals surface area (Å²) in [4.78, 5) is 0. The van der Waals surface area contributed by atoms with E-state index >= 15 is 0 Å². The van der Waals surface area contributed by atoms with Crippen molar-refractivity contribution in [3.05, 3.63) is 59.7 Å². The maximum Gasteiger partial charge on any atom is 0.194 e. The molecule has 0 bridgehead atoms. The molecule has 0 amide bonds. The van der Waals surface area contributed by atoms with Gasteiger partial charge in [0, 0.05) is 5.31 Å². The Morgan fingerprint density at radius 2 is 2.12 bits per heavy atom. The zero-order valence-corrected chi connectivity index (χ0v) is 12.0. The van der Waals surface area contributed by atoms with Crippen molar-refractivity contribution in [1.82, 2.24) is 0 Å². The minimum atomic E-state index is -2.28. The minimum Gasteiger partial charge on any atom is -0.453 e. The summed E-state index contributed by atoms with van der Waals surface area (Å²) in [5.41, 5.74) is -0.382. The molecule has 0 radical (unpaired) electrons. The molecule has 0 aromatic carbocycles. The lowest BCUT2D eigenvalue weighted by Gasteiger charge is -2.29. The molecule has 1 aliphatic heterocycles. The van der Waals surface area contributed by atoms with Gasteiger partial charge in [0.2, 0.25) is 0 Å². The van der Waals surface area contributed by atoms with E-state index in [1.54, 1.807) is 6.08 Å². The highest BCUT2D eigenvalue weighted by atomic mass is 32.9. The summed E-state index contributed by atoms with van der Waals surface area (Å²) in [7, 11) is 0. The van der Waals surface area contributed by atoms with Crippen molar-refractivity contribution >= 4 is 29.5 Å². The van der Waals surface area contributed by atoms with Gasteiger partial charge in [-0.2, -0.15) is 0 Å². The Labute approximate surface area is 108 Å². The fraction of sp³-hybridized carbons (Fsp3) is 0.167. The second-order valence-electron chi connectivity index (χ2n) is 3.37. The molecule has 0 aromatic heterocycles. The first-order chi connectivity index (χ1) is 7.44. The zero-order chi connectivity index (χ0) is 12.3. The van der Waals surface area contributed by atoms with Crippen molar-refractivity contribution in [1.29, 1.82) is 0 Å². The van der Waals surface area contributed by atoms with Crippen LogP contribution < -0.4 is 0 Å². The SMILES string of the molecule is C=CC=C1C(=C)C(C)=C(C=CC)OP1(=S)S. The third-order valence-corrected chi connectivity index (χ3v) is 5.43. The summed E-state index contributed by atoms with van der Waals surface area (Å²) >= 11 is 9.87. The number of hydrogen-bond donors (Lipinski definition) is 1. The second kappa shape index (κ2) is 5.22. The summed E-state index contributed by atoms with van der Waals surface area (Å²) in [5, 5.41) is 0.881. The molecule has 86 valence electrons. The van der Waals surface area contributed by atoms with Gasteiger partial charge in [-0.1, -0.05) is 37.6 Å². The third kappa shape index (κ3) is 2.60. The molecule has 4 heteroatoms. The van der Waals surface area contributed by atoms with Gasteiger partial charge in [-0.25, -0.2) is 0 Å². The van der Waals surface area contributed by atoms with E-state index in [0.29, 0.717) is 0 Å². The molecule has 0 saturated heterocycles. The van der Waals surface area contributed by atoms with Crippen LogP contribution in [0.4, 0.5) is 0 Å². The lowest BCUT2D eigenvalue weighted by Crippen LogP contribution is -2.03. The smallest absolute Gasteiger partial charge is 0.194 e. The molecule has 0 aromatic rings. The van der Waals surface area contributed by atoms with Crippen LogP contribution in [-0.2, 0) is 16.3 Å². The summed E-state index contributed by atoms with van der Waals surface area (Å²) in [6.45, 7) is 11.6. The Balaban J connectivity index is 3.37. The molecular weight excluding hydrogens is 255 g/mol. The van der Waals surface area contributed by atoms with Gasteiger partial charge in [0.25, 0.3) is 0 Å². The normalized spacial score (nSPS) is 28.7. The van der Waals surface area contributed by atoms with E-state index in [2.05, 4.69) is 25.4 Å². The van der Waals surface area contributed by atoms with Crippen LogP contribution >= 0.6 is 17.7 Å². The Morgan fingerprint density at radius 1 is 1.50 bits per heavy atom. The van der Waals surface area contributed by atoms with Crippen LogP contribution in [0.2, 0.25) is 0 Å². The molecule has 0 fully saturated rings. The Hall–Kier alpha value is -0.500.